The summed E-state index contributed by atoms with van der Waals surface area (Å²) < 4.78 is 11.4. The van der Waals surface area contributed by atoms with Crippen LogP contribution in [0.4, 0.5) is 0 Å². The topological polar surface area (TPSA) is 149 Å². The minimum absolute atomic E-state index is 0.0909. The monoisotopic (exact) mass is 584 g/mol. The Morgan fingerprint density at radius 1 is 0.805 bits per heavy atom. The van der Waals surface area contributed by atoms with Crippen LogP contribution >= 0.6 is 0 Å². The van der Waals surface area contributed by atoms with Crippen LogP contribution < -0.4 is 21.7 Å². The predicted octanol–water partition coefficient (Wildman–Crippen LogP) is 3.50. The van der Waals surface area contributed by atoms with Crippen molar-refractivity contribution in [2.24, 2.45) is 22.0 Å². The summed E-state index contributed by atoms with van der Waals surface area (Å²) in [6, 6.07) is -0.454. The summed E-state index contributed by atoms with van der Waals surface area (Å²) in [5.74, 6) is -0.472. The highest BCUT2D eigenvalue weighted by molar-refractivity contribution is 5.81. The van der Waals surface area contributed by atoms with E-state index in [0.29, 0.717) is 32.7 Å². The van der Waals surface area contributed by atoms with E-state index in [1.165, 1.54) is 0 Å². The zero-order valence-corrected chi connectivity index (χ0v) is 27.4. The third-order valence-electron chi connectivity index (χ3n) is 6.79. The molecule has 0 unspecified atom stereocenters. The molecule has 0 radical (unpaired) electrons. The van der Waals surface area contributed by atoms with Crippen LogP contribution in [0, 0.1) is 16.2 Å². The standard InChI is InChI=1S/C31H60N4O6/c1-28(2,3)22-30(6,7)27(39)34-17-12-14-31(8,9)41-18-15-29(4,5)23-35-26(38)21-40-20-25(37)33-16-11-10-13-24(32)19-36/h19,24H,10-18,20-23,32H2,1-9H3,(H,33,37)(H,34,39)(H,35,38)/t24-/m0/s1. The second kappa shape index (κ2) is 18.5. The van der Waals surface area contributed by atoms with Crippen LogP contribution in [0.25, 0.3) is 0 Å². The van der Waals surface area contributed by atoms with Gasteiger partial charge in [-0.15, -0.1) is 0 Å². The molecule has 1 atom stereocenters. The maximum absolute atomic E-state index is 12.6. The smallest absolute Gasteiger partial charge is 0.246 e. The minimum Gasteiger partial charge on any atom is -0.376 e. The highest BCUT2D eigenvalue weighted by atomic mass is 16.5. The molecule has 0 bridgehead atoms. The SMILES string of the molecule is CC(C)(C)CC(C)(C)C(=O)NCCCC(C)(C)OCCC(C)(C)CNC(=O)COCC(=O)NCCCC[C@H](N)C=O. The fourth-order valence-corrected chi connectivity index (χ4v) is 4.60. The van der Waals surface area contributed by atoms with Crippen LogP contribution in [-0.2, 0) is 28.7 Å². The largest absolute Gasteiger partial charge is 0.376 e. The van der Waals surface area contributed by atoms with Gasteiger partial charge in [0.1, 0.15) is 19.5 Å². The van der Waals surface area contributed by atoms with Crippen molar-refractivity contribution in [2.45, 2.75) is 119 Å². The Kier molecular flexibility index (Phi) is 17.6. The maximum atomic E-state index is 12.6. The van der Waals surface area contributed by atoms with Gasteiger partial charge in [0.25, 0.3) is 0 Å². The molecule has 0 aromatic heterocycles. The first-order valence-electron chi connectivity index (χ1n) is 15.0. The molecule has 0 heterocycles. The van der Waals surface area contributed by atoms with Crippen molar-refractivity contribution in [2.75, 3.05) is 39.5 Å². The summed E-state index contributed by atoms with van der Waals surface area (Å²) in [7, 11) is 0. The molecule has 5 N–H and O–H groups in total. The lowest BCUT2D eigenvalue weighted by molar-refractivity contribution is -0.132. The Morgan fingerprint density at radius 3 is 1.98 bits per heavy atom. The maximum Gasteiger partial charge on any atom is 0.246 e. The molecule has 0 aliphatic carbocycles. The normalized spacial score (nSPS) is 13.4. The number of hydrogen-bond donors (Lipinski definition) is 4. The Balaban J connectivity index is 4.11. The van der Waals surface area contributed by atoms with E-state index >= 15 is 0 Å². The minimum atomic E-state index is -0.454. The van der Waals surface area contributed by atoms with Gasteiger partial charge in [0.15, 0.2) is 0 Å². The van der Waals surface area contributed by atoms with Crippen LogP contribution in [0.1, 0.15) is 107 Å². The van der Waals surface area contributed by atoms with E-state index in [2.05, 4.69) is 64.4 Å². The van der Waals surface area contributed by atoms with Crippen LogP contribution in [0.15, 0.2) is 0 Å². The predicted molar refractivity (Wildman–Crippen MR) is 163 cm³/mol. The van der Waals surface area contributed by atoms with E-state index in [0.717, 1.165) is 44.8 Å². The molecule has 0 rings (SSSR count). The molecule has 0 saturated heterocycles. The Bertz CT molecular complexity index is 805. The third-order valence-corrected chi connectivity index (χ3v) is 6.79. The first-order valence-corrected chi connectivity index (χ1v) is 15.0. The quantitative estimate of drug-likeness (QED) is 0.112. The number of unbranched alkanes of at least 4 members (excludes halogenated alkanes) is 1. The van der Waals surface area contributed by atoms with Crippen molar-refractivity contribution in [1.82, 2.24) is 16.0 Å². The van der Waals surface area contributed by atoms with Gasteiger partial charge < -0.3 is 36.0 Å². The number of nitrogens with one attached hydrogen (secondary N) is 3. The highest BCUT2D eigenvalue weighted by Gasteiger charge is 2.32. The first-order chi connectivity index (χ1) is 18.8. The summed E-state index contributed by atoms with van der Waals surface area (Å²) in [5.41, 5.74) is 4.72. The number of nitrogens with two attached hydrogens (primary N) is 1. The molecule has 41 heavy (non-hydrogen) atoms. The molecule has 0 aliphatic rings. The first kappa shape index (κ1) is 39.0. The molecule has 10 heteroatoms. The molecule has 240 valence electrons. The molecule has 0 spiro atoms. The second-order valence-corrected chi connectivity index (χ2v) is 14.4. The summed E-state index contributed by atoms with van der Waals surface area (Å²) in [4.78, 5) is 47.1. The Labute approximate surface area is 249 Å². The third kappa shape index (κ3) is 21.3. The fourth-order valence-electron chi connectivity index (χ4n) is 4.60. The molecule has 0 aromatic carbocycles. The van der Waals surface area contributed by atoms with Crippen LogP contribution in [0.2, 0.25) is 0 Å². The average molecular weight is 585 g/mol. The molecule has 0 aromatic rings. The fraction of sp³-hybridized carbons (Fsp3) is 0.871. The lowest BCUT2D eigenvalue weighted by Crippen LogP contribution is -2.40. The number of hydrogen-bond acceptors (Lipinski definition) is 7. The number of amides is 3. The van der Waals surface area contributed by atoms with Gasteiger partial charge in [-0.05, 0) is 69.6 Å². The lowest BCUT2D eigenvalue weighted by atomic mass is 9.76. The van der Waals surface area contributed by atoms with Crippen molar-refractivity contribution in [3.05, 3.63) is 0 Å². The van der Waals surface area contributed by atoms with Gasteiger partial charge in [-0.2, -0.15) is 0 Å². The molecule has 10 nitrogen and oxygen atoms in total. The van der Waals surface area contributed by atoms with Crippen LogP contribution in [0.3, 0.4) is 0 Å². The second-order valence-electron chi connectivity index (χ2n) is 14.4. The molecular formula is C31H60N4O6. The van der Waals surface area contributed by atoms with E-state index in [4.69, 9.17) is 15.2 Å². The van der Waals surface area contributed by atoms with Gasteiger partial charge in [0, 0.05) is 31.7 Å². The molecule has 0 aliphatic heterocycles. The van der Waals surface area contributed by atoms with Gasteiger partial charge in [-0.3, -0.25) is 14.4 Å². The molecule has 0 saturated carbocycles. The number of carbonyl (C=O) groups excluding carboxylic acids is 4. The van der Waals surface area contributed by atoms with Gasteiger partial charge in [-0.1, -0.05) is 48.5 Å². The van der Waals surface area contributed by atoms with Crippen molar-refractivity contribution < 1.29 is 28.7 Å². The van der Waals surface area contributed by atoms with Crippen molar-refractivity contribution >= 4 is 24.0 Å². The summed E-state index contributed by atoms with van der Waals surface area (Å²) in [6.07, 6.45) is 6.01. The van der Waals surface area contributed by atoms with Gasteiger partial charge in [-0.25, -0.2) is 0 Å². The van der Waals surface area contributed by atoms with Crippen molar-refractivity contribution in [3.8, 4) is 0 Å². The number of rotatable bonds is 22. The van der Waals surface area contributed by atoms with E-state index in [1.807, 2.05) is 13.8 Å². The number of carbonyl (C=O) groups is 4. The van der Waals surface area contributed by atoms with E-state index in [1.54, 1.807) is 0 Å². The number of aldehydes is 1. The van der Waals surface area contributed by atoms with Crippen molar-refractivity contribution in [1.29, 1.82) is 0 Å². The van der Waals surface area contributed by atoms with E-state index in [-0.39, 0.29) is 47.4 Å². The zero-order valence-electron chi connectivity index (χ0n) is 27.4. The molecular weight excluding hydrogens is 524 g/mol. The highest BCUT2D eigenvalue weighted by Crippen LogP contribution is 2.33. The number of ether oxygens (including phenoxy) is 2. The summed E-state index contributed by atoms with van der Waals surface area (Å²) in [5, 5.41) is 8.67. The Hall–Kier alpha value is -2.04. The lowest BCUT2D eigenvalue weighted by Gasteiger charge is -2.32. The molecule has 0 fully saturated rings. The summed E-state index contributed by atoms with van der Waals surface area (Å²) in [6.45, 7) is 20.4. The van der Waals surface area contributed by atoms with Gasteiger partial charge in [0.05, 0.1) is 11.6 Å². The van der Waals surface area contributed by atoms with E-state index < -0.39 is 11.5 Å². The van der Waals surface area contributed by atoms with Crippen LogP contribution in [0.5, 0.6) is 0 Å². The Morgan fingerprint density at radius 2 is 1.39 bits per heavy atom. The van der Waals surface area contributed by atoms with Gasteiger partial charge >= 0.3 is 0 Å². The molecule has 3 amide bonds. The zero-order chi connectivity index (χ0) is 31.7. The average Bonchev–Trinajstić information content (AvgIpc) is 2.83. The van der Waals surface area contributed by atoms with Crippen molar-refractivity contribution in [3.63, 3.8) is 0 Å². The summed E-state index contributed by atoms with van der Waals surface area (Å²) >= 11 is 0. The van der Waals surface area contributed by atoms with Crippen LogP contribution in [-0.4, -0.2) is 75.1 Å². The van der Waals surface area contributed by atoms with Gasteiger partial charge in [0.2, 0.25) is 17.7 Å². The van der Waals surface area contributed by atoms with E-state index in [9.17, 15) is 19.2 Å².